The molecule has 0 spiro atoms. The Hall–Kier alpha value is -1.41. The average molecular weight is 299 g/mol. The highest BCUT2D eigenvalue weighted by Crippen LogP contribution is 2.39. The number of nitrogens with one attached hydrogen (secondary N) is 1. The number of nitrogens with zero attached hydrogens (tertiary/aromatic N) is 1. The predicted octanol–water partition coefficient (Wildman–Crippen LogP) is 3.18. The van der Waals surface area contributed by atoms with Crippen molar-refractivity contribution in [2.45, 2.75) is 4.46 Å². The summed E-state index contributed by atoms with van der Waals surface area (Å²) in [5.41, 5.74) is 1.81. The van der Waals surface area contributed by atoms with Crippen LogP contribution >= 0.6 is 23.2 Å². The number of rotatable bonds is 4. The summed E-state index contributed by atoms with van der Waals surface area (Å²) in [4.78, 5) is 0. The highest BCUT2D eigenvalue weighted by atomic mass is 35.5. The molecule has 1 aliphatic rings. The first-order valence-electron chi connectivity index (χ1n) is 5.61. The van der Waals surface area contributed by atoms with Crippen molar-refractivity contribution >= 4 is 35.0 Å². The van der Waals surface area contributed by atoms with Gasteiger partial charge < -0.3 is 14.8 Å². The maximum Gasteiger partial charge on any atom is 0.224 e. The number of nitriles is 1. The van der Waals surface area contributed by atoms with E-state index < -0.39 is 4.46 Å². The van der Waals surface area contributed by atoms with Crippen molar-refractivity contribution in [3.05, 3.63) is 29.3 Å². The molecule has 0 saturated carbocycles. The smallest absolute Gasteiger partial charge is 0.224 e. The highest BCUT2D eigenvalue weighted by Gasteiger charge is 2.33. The standard InChI is InChI=1S/C13H12Cl2N2O2/c1-18-4-5-19-11-2-3-12-9(7-11)6-10(8-16)13(14,15)17-12/h2-3,6-7,17H,4-5H2,1H3. The van der Waals surface area contributed by atoms with Crippen molar-refractivity contribution < 1.29 is 9.47 Å². The quantitative estimate of drug-likeness (QED) is 0.527. The Balaban J connectivity index is 2.25. The minimum absolute atomic E-state index is 0.248. The van der Waals surface area contributed by atoms with E-state index in [4.69, 9.17) is 37.9 Å². The summed E-state index contributed by atoms with van der Waals surface area (Å²) in [7, 11) is 1.61. The Labute approximate surface area is 121 Å². The molecular formula is C13H12Cl2N2O2. The molecule has 0 saturated heterocycles. The van der Waals surface area contributed by atoms with Crippen molar-refractivity contribution in [1.82, 2.24) is 0 Å². The van der Waals surface area contributed by atoms with Gasteiger partial charge in [-0.3, -0.25) is 0 Å². The van der Waals surface area contributed by atoms with E-state index in [1.54, 1.807) is 19.3 Å². The number of ether oxygens (including phenoxy) is 2. The molecule has 1 heterocycles. The van der Waals surface area contributed by atoms with Crippen LogP contribution in [0.4, 0.5) is 5.69 Å². The van der Waals surface area contributed by atoms with Crippen LogP contribution in [0.15, 0.2) is 23.8 Å². The van der Waals surface area contributed by atoms with Gasteiger partial charge in [0.1, 0.15) is 12.4 Å². The number of hydrogen-bond donors (Lipinski definition) is 1. The Morgan fingerprint density at radius 3 is 2.84 bits per heavy atom. The topological polar surface area (TPSA) is 54.3 Å². The molecule has 0 bridgehead atoms. The molecule has 0 atom stereocenters. The second kappa shape index (κ2) is 5.70. The van der Waals surface area contributed by atoms with Crippen molar-refractivity contribution in [2.24, 2.45) is 0 Å². The number of methoxy groups -OCH3 is 1. The van der Waals surface area contributed by atoms with Crippen LogP contribution in [0.5, 0.6) is 5.75 Å². The summed E-state index contributed by atoms with van der Waals surface area (Å²) in [6, 6.07) is 7.41. The molecule has 1 aliphatic heterocycles. The maximum atomic E-state index is 9.02. The van der Waals surface area contributed by atoms with Gasteiger partial charge in [0.2, 0.25) is 4.46 Å². The van der Waals surface area contributed by atoms with Crippen LogP contribution in [0.3, 0.4) is 0 Å². The molecule has 2 rings (SSSR count). The first-order valence-corrected chi connectivity index (χ1v) is 6.36. The summed E-state index contributed by atoms with van der Waals surface area (Å²) in [6.07, 6.45) is 1.65. The van der Waals surface area contributed by atoms with Gasteiger partial charge in [0.25, 0.3) is 0 Å². The summed E-state index contributed by atoms with van der Waals surface area (Å²) in [6.45, 7) is 0.980. The number of anilines is 1. The van der Waals surface area contributed by atoms with Gasteiger partial charge in [0, 0.05) is 18.4 Å². The van der Waals surface area contributed by atoms with Gasteiger partial charge in [-0.2, -0.15) is 5.26 Å². The predicted molar refractivity (Wildman–Crippen MR) is 75.5 cm³/mol. The van der Waals surface area contributed by atoms with E-state index in [1.807, 2.05) is 18.2 Å². The monoisotopic (exact) mass is 298 g/mol. The van der Waals surface area contributed by atoms with Gasteiger partial charge in [-0.15, -0.1) is 0 Å². The lowest BCUT2D eigenvalue weighted by molar-refractivity contribution is 0.146. The Morgan fingerprint density at radius 2 is 2.16 bits per heavy atom. The van der Waals surface area contributed by atoms with Crippen molar-refractivity contribution in [1.29, 1.82) is 5.26 Å². The van der Waals surface area contributed by atoms with Crippen molar-refractivity contribution in [3.8, 4) is 11.8 Å². The third-order valence-corrected chi connectivity index (χ3v) is 3.23. The van der Waals surface area contributed by atoms with Gasteiger partial charge in [0.05, 0.1) is 18.2 Å². The van der Waals surface area contributed by atoms with Crippen LogP contribution in [-0.2, 0) is 4.74 Å². The lowest BCUT2D eigenvalue weighted by Gasteiger charge is -2.27. The SMILES string of the molecule is COCCOc1ccc2c(c1)C=C(C#N)C(Cl)(Cl)N2. The molecule has 0 fully saturated rings. The summed E-state index contributed by atoms with van der Waals surface area (Å²) >= 11 is 12.0. The van der Waals surface area contributed by atoms with E-state index in [9.17, 15) is 0 Å². The second-order valence-electron chi connectivity index (χ2n) is 3.96. The van der Waals surface area contributed by atoms with E-state index in [1.165, 1.54) is 0 Å². The molecule has 1 aromatic rings. The fourth-order valence-corrected chi connectivity index (χ4v) is 2.09. The summed E-state index contributed by atoms with van der Waals surface area (Å²) in [5, 5.41) is 11.9. The first-order chi connectivity index (χ1) is 9.06. The Kier molecular flexibility index (Phi) is 4.20. The van der Waals surface area contributed by atoms with Crippen LogP contribution in [0.2, 0.25) is 0 Å². The fraction of sp³-hybridized carbons (Fsp3) is 0.308. The van der Waals surface area contributed by atoms with Crippen molar-refractivity contribution in [2.75, 3.05) is 25.6 Å². The molecule has 1 N–H and O–H groups in total. The number of hydrogen-bond acceptors (Lipinski definition) is 4. The van der Waals surface area contributed by atoms with E-state index >= 15 is 0 Å². The lowest BCUT2D eigenvalue weighted by atomic mass is 10.0. The van der Waals surface area contributed by atoms with E-state index in [0.717, 1.165) is 11.3 Å². The number of benzene rings is 1. The second-order valence-corrected chi connectivity index (χ2v) is 5.29. The zero-order valence-electron chi connectivity index (χ0n) is 10.2. The van der Waals surface area contributed by atoms with E-state index in [2.05, 4.69) is 5.32 Å². The van der Waals surface area contributed by atoms with Crippen LogP contribution in [0.25, 0.3) is 6.08 Å². The number of fused-ring (bicyclic) bond motifs is 1. The van der Waals surface area contributed by atoms with Gasteiger partial charge >= 0.3 is 0 Å². The third-order valence-electron chi connectivity index (χ3n) is 2.63. The first kappa shape index (κ1) is 14.0. The summed E-state index contributed by atoms with van der Waals surface area (Å²) in [5.74, 6) is 0.697. The summed E-state index contributed by atoms with van der Waals surface area (Å²) < 4.78 is 9.02. The molecule has 100 valence electrons. The largest absolute Gasteiger partial charge is 0.491 e. The maximum absolute atomic E-state index is 9.02. The Bertz CT molecular complexity index is 550. The molecule has 0 unspecified atom stereocenters. The van der Waals surface area contributed by atoms with Crippen LogP contribution < -0.4 is 10.1 Å². The zero-order chi connectivity index (χ0) is 13.9. The Morgan fingerprint density at radius 1 is 1.37 bits per heavy atom. The molecule has 4 nitrogen and oxygen atoms in total. The molecule has 0 amide bonds. The van der Waals surface area contributed by atoms with Gasteiger partial charge in [-0.25, -0.2) is 0 Å². The van der Waals surface area contributed by atoms with Crippen LogP contribution in [0.1, 0.15) is 5.56 Å². The lowest BCUT2D eigenvalue weighted by Crippen LogP contribution is -2.29. The highest BCUT2D eigenvalue weighted by molar-refractivity contribution is 6.52. The van der Waals surface area contributed by atoms with E-state index in [0.29, 0.717) is 19.0 Å². The van der Waals surface area contributed by atoms with Gasteiger partial charge in [0.15, 0.2) is 0 Å². The molecule has 6 heteroatoms. The molecule has 0 aliphatic carbocycles. The molecule has 0 radical (unpaired) electrons. The van der Waals surface area contributed by atoms with Gasteiger partial charge in [-0.05, 0) is 24.3 Å². The van der Waals surface area contributed by atoms with Crippen LogP contribution in [0, 0.1) is 11.3 Å². The average Bonchev–Trinajstić information content (AvgIpc) is 2.37. The van der Waals surface area contributed by atoms with Crippen LogP contribution in [-0.4, -0.2) is 24.8 Å². The molecule has 19 heavy (non-hydrogen) atoms. The molecular weight excluding hydrogens is 287 g/mol. The molecule has 0 aromatic heterocycles. The fourth-order valence-electron chi connectivity index (χ4n) is 1.69. The number of alkyl halides is 2. The minimum atomic E-state index is -1.39. The van der Waals surface area contributed by atoms with Gasteiger partial charge in [-0.1, -0.05) is 23.2 Å². The normalized spacial score (nSPS) is 15.8. The van der Waals surface area contributed by atoms with Crippen molar-refractivity contribution in [3.63, 3.8) is 0 Å². The molecule has 1 aromatic carbocycles. The zero-order valence-corrected chi connectivity index (χ0v) is 11.8. The number of halogens is 2. The third kappa shape index (κ3) is 3.13. The minimum Gasteiger partial charge on any atom is -0.491 e. The van der Waals surface area contributed by atoms with E-state index in [-0.39, 0.29) is 5.57 Å².